The number of urea groups is 2. The van der Waals surface area contributed by atoms with Gasteiger partial charge >= 0.3 is 12.1 Å². The molecule has 0 atom stereocenters. The van der Waals surface area contributed by atoms with E-state index in [0.717, 1.165) is 0 Å². The van der Waals surface area contributed by atoms with E-state index < -0.39 is 0 Å². The highest BCUT2D eigenvalue weighted by Crippen LogP contribution is 2.13. The van der Waals surface area contributed by atoms with Gasteiger partial charge in [-0.1, -0.05) is 10.2 Å². The van der Waals surface area contributed by atoms with Crippen molar-refractivity contribution in [2.75, 3.05) is 89.7 Å². The number of carbonyl (C=O) groups is 2. The number of hydrogen-bond donors (Lipinski definition) is 4. The summed E-state index contributed by atoms with van der Waals surface area (Å²) in [4.78, 5) is 29.1. The van der Waals surface area contributed by atoms with E-state index in [1.165, 1.54) is 0 Å². The fourth-order valence-corrected chi connectivity index (χ4v) is 2.41. The number of azide groups is 2. The smallest absolute Gasteiger partial charge is 0.319 e. The van der Waals surface area contributed by atoms with E-state index in [1.807, 2.05) is 0 Å². The topological polar surface area (TPSA) is 217 Å². The van der Waals surface area contributed by atoms with Gasteiger partial charge in [0.2, 0.25) is 0 Å². The van der Waals surface area contributed by atoms with Gasteiger partial charge in [-0.3, -0.25) is 0 Å². The molecule has 4 amide bonds. The van der Waals surface area contributed by atoms with Crippen LogP contribution in [0.5, 0.6) is 0 Å². The van der Waals surface area contributed by atoms with Crippen molar-refractivity contribution in [1.29, 1.82) is 0 Å². The molecule has 0 radical (unpaired) electrons. The van der Waals surface area contributed by atoms with Gasteiger partial charge in [0.05, 0.1) is 52.9 Å². The average molecular weight is 509 g/mol. The summed E-state index contributed by atoms with van der Waals surface area (Å²) in [5.41, 5.74) is 17.4. The van der Waals surface area contributed by atoms with Crippen molar-refractivity contribution in [3.8, 4) is 0 Å². The first kappa shape index (κ1) is 30.3. The summed E-state index contributed by atoms with van der Waals surface area (Å²) in [6, 6.07) is 5.86. The maximum absolute atomic E-state index is 11.9. The molecule has 0 fully saturated rings. The molecule has 1 rings (SSSR count). The van der Waals surface area contributed by atoms with Crippen molar-refractivity contribution in [1.82, 2.24) is 10.6 Å². The Hall–Kier alpha value is -3.78. The van der Waals surface area contributed by atoms with Gasteiger partial charge in [0, 0.05) is 47.4 Å². The second-order valence-corrected chi connectivity index (χ2v) is 6.70. The number of hydrogen-bond acceptors (Lipinski definition) is 8. The molecule has 0 aliphatic heterocycles. The Labute approximate surface area is 208 Å². The Morgan fingerprint density at radius 1 is 0.639 bits per heavy atom. The quantitative estimate of drug-likeness (QED) is 0.0897. The second-order valence-electron chi connectivity index (χ2n) is 6.70. The van der Waals surface area contributed by atoms with Crippen LogP contribution in [-0.4, -0.2) is 91.1 Å². The van der Waals surface area contributed by atoms with Gasteiger partial charge in [-0.15, -0.1) is 0 Å². The zero-order chi connectivity index (χ0) is 26.1. The van der Waals surface area contributed by atoms with E-state index >= 15 is 0 Å². The van der Waals surface area contributed by atoms with Gasteiger partial charge in [-0.25, -0.2) is 9.59 Å². The summed E-state index contributed by atoms with van der Waals surface area (Å²) in [6.07, 6.45) is 0. The molecule has 0 aromatic heterocycles. The molecule has 0 bridgehead atoms. The summed E-state index contributed by atoms with van der Waals surface area (Å²) >= 11 is 0. The molecular weight excluding hydrogens is 476 g/mol. The maximum Gasteiger partial charge on any atom is 0.319 e. The molecule has 198 valence electrons. The highest BCUT2D eigenvalue weighted by atomic mass is 16.5. The third-order valence-corrected chi connectivity index (χ3v) is 4.01. The lowest BCUT2D eigenvalue weighted by Gasteiger charge is -2.10. The molecule has 0 saturated carbocycles. The number of carbonyl (C=O) groups excluding carboxylic acids is 2. The van der Waals surface area contributed by atoms with Gasteiger partial charge in [-0.2, -0.15) is 0 Å². The zero-order valence-corrected chi connectivity index (χ0v) is 19.9. The normalized spacial score (nSPS) is 10.0. The number of benzene rings is 1. The molecule has 0 spiro atoms. The lowest BCUT2D eigenvalue weighted by Crippen LogP contribution is -2.32. The molecule has 1 aromatic rings. The maximum atomic E-state index is 11.9. The van der Waals surface area contributed by atoms with Gasteiger partial charge in [0.25, 0.3) is 0 Å². The molecule has 4 N–H and O–H groups in total. The van der Waals surface area contributed by atoms with Crippen LogP contribution in [0.2, 0.25) is 0 Å². The van der Waals surface area contributed by atoms with Crippen LogP contribution in [0.25, 0.3) is 20.9 Å². The summed E-state index contributed by atoms with van der Waals surface area (Å²) in [6.45, 7) is 3.98. The summed E-state index contributed by atoms with van der Waals surface area (Å²) in [5.74, 6) is 0. The average Bonchev–Trinajstić information content (AvgIpc) is 2.87. The first-order valence-electron chi connectivity index (χ1n) is 11.2. The van der Waals surface area contributed by atoms with E-state index in [-0.39, 0.29) is 25.2 Å². The minimum atomic E-state index is -0.385. The molecule has 0 aliphatic carbocycles. The molecule has 16 nitrogen and oxygen atoms in total. The van der Waals surface area contributed by atoms with E-state index in [0.29, 0.717) is 77.3 Å². The van der Waals surface area contributed by atoms with Gasteiger partial charge in [-0.05, 0) is 35.3 Å². The van der Waals surface area contributed by atoms with Crippen LogP contribution in [0.1, 0.15) is 0 Å². The molecule has 0 aliphatic rings. The highest BCUT2D eigenvalue weighted by molar-refractivity contribution is 5.91. The predicted octanol–water partition coefficient (Wildman–Crippen LogP) is 2.62. The van der Waals surface area contributed by atoms with Crippen molar-refractivity contribution < 1.29 is 28.5 Å². The number of amides is 4. The fourth-order valence-electron chi connectivity index (χ4n) is 2.41. The zero-order valence-electron chi connectivity index (χ0n) is 19.9. The van der Waals surface area contributed by atoms with Crippen molar-refractivity contribution in [2.45, 2.75) is 0 Å². The third kappa shape index (κ3) is 17.7. The molecule has 0 heterocycles. The molecule has 16 heteroatoms. The summed E-state index contributed by atoms with van der Waals surface area (Å²) in [5, 5.41) is 17.4. The van der Waals surface area contributed by atoms with E-state index in [1.54, 1.807) is 24.3 Å². The SMILES string of the molecule is [N-]=[N+]=NCCOCCOCCNC(=O)Nc1ccc(NC(=O)NCCOCCOCCN=[N+]=[N-])cc1. The first-order valence-corrected chi connectivity index (χ1v) is 11.2. The van der Waals surface area contributed by atoms with Crippen molar-refractivity contribution in [3.05, 3.63) is 45.2 Å². The Balaban J connectivity index is 2.06. The molecule has 0 unspecified atom stereocenters. The lowest BCUT2D eigenvalue weighted by atomic mass is 10.3. The van der Waals surface area contributed by atoms with E-state index in [9.17, 15) is 9.59 Å². The largest absolute Gasteiger partial charge is 0.379 e. The molecule has 1 aromatic carbocycles. The van der Waals surface area contributed by atoms with E-state index in [2.05, 4.69) is 41.3 Å². The van der Waals surface area contributed by atoms with Gasteiger partial charge < -0.3 is 40.2 Å². The second kappa shape index (κ2) is 21.7. The minimum absolute atomic E-state index is 0.277. The van der Waals surface area contributed by atoms with Crippen LogP contribution in [0.4, 0.5) is 21.0 Å². The van der Waals surface area contributed by atoms with Crippen LogP contribution in [0.15, 0.2) is 34.5 Å². The van der Waals surface area contributed by atoms with E-state index in [4.69, 9.17) is 30.0 Å². The van der Waals surface area contributed by atoms with Crippen LogP contribution >= 0.6 is 0 Å². The Bertz CT molecular complexity index is 775. The Morgan fingerprint density at radius 3 is 1.36 bits per heavy atom. The summed E-state index contributed by atoms with van der Waals surface area (Å²) in [7, 11) is 0. The Morgan fingerprint density at radius 2 is 1.00 bits per heavy atom. The monoisotopic (exact) mass is 508 g/mol. The number of rotatable bonds is 20. The lowest BCUT2D eigenvalue weighted by molar-refractivity contribution is 0.0525. The molecule has 0 saturated heterocycles. The van der Waals surface area contributed by atoms with Gasteiger partial charge in [0.1, 0.15) is 0 Å². The van der Waals surface area contributed by atoms with Crippen LogP contribution in [-0.2, 0) is 18.9 Å². The first-order chi connectivity index (χ1) is 17.7. The minimum Gasteiger partial charge on any atom is -0.379 e. The standard InChI is InChI=1S/C20H32N10O6/c21-29-25-7-11-35-15-13-33-9-5-23-19(31)27-17-1-2-18(4-3-17)28-20(32)24-6-10-34-14-16-36-12-8-26-30-22/h1-4H,5-16H2,(H2,23,27,31)(H2,24,28,32). The third-order valence-electron chi connectivity index (χ3n) is 4.01. The van der Waals surface area contributed by atoms with Crippen LogP contribution < -0.4 is 21.3 Å². The molecule has 36 heavy (non-hydrogen) atoms. The van der Waals surface area contributed by atoms with Crippen LogP contribution in [0.3, 0.4) is 0 Å². The number of ether oxygens (including phenoxy) is 4. The number of nitrogens with zero attached hydrogens (tertiary/aromatic N) is 6. The van der Waals surface area contributed by atoms with Crippen molar-refractivity contribution in [3.63, 3.8) is 0 Å². The summed E-state index contributed by atoms with van der Waals surface area (Å²) < 4.78 is 21.0. The fraction of sp³-hybridized carbons (Fsp3) is 0.600. The number of anilines is 2. The number of nitrogens with one attached hydrogen (secondary N) is 4. The molecular formula is C20H32N10O6. The van der Waals surface area contributed by atoms with Gasteiger partial charge in [0.15, 0.2) is 0 Å². The Kier molecular flexibility index (Phi) is 18.3. The highest BCUT2D eigenvalue weighted by Gasteiger charge is 2.04. The van der Waals surface area contributed by atoms with Crippen molar-refractivity contribution in [2.24, 2.45) is 10.2 Å². The van der Waals surface area contributed by atoms with Crippen LogP contribution in [0, 0.1) is 0 Å². The predicted molar refractivity (Wildman–Crippen MR) is 132 cm³/mol. The van der Waals surface area contributed by atoms with Crippen molar-refractivity contribution >= 4 is 23.4 Å².